The summed E-state index contributed by atoms with van der Waals surface area (Å²) >= 11 is 12.6. The molecule has 0 radical (unpaired) electrons. The molecule has 0 saturated carbocycles. The number of benzene rings is 2. The van der Waals surface area contributed by atoms with E-state index in [0.717, 1.165) is 6.26 Å². The van der Waals surface area contributed by atoms with Crippen LogP contribution in [0.4, 0.5) is 5.69 Å². The number of rotatable bonds is 12. The zero-order chi connectivity index (χ0) is 26.2. The SMILES string of the molecule is CC[C@H](C(=O)NC)N(Cc1c(Cl)cccc1Cl)C(=O)CCCN(c1cccc(OC)c1)S(C)(=O)=O. The van der Waals surface area contributed by atoms with Gasteiger partial charge in [0.15, 0.2) is 0 Å². The Labute approximate surface area is 217 Å². The summed E-state index contributed by atoms with van der Waals surface area (Å²) in [5.74, 6) is -0.0971. The molecule has 11 heteroatoms. The van der Waals surface area contributed by atoms with Gasteiger partial charge in [-0.2, -0.15) is 0 Å². The Morgan fingerprint density at radius 1 is 1.11 bits per heavy atom. The number of hydrogen-bond donors (Lipinski definition) is 1. The molecule has 0 aromatic heterocycles. The van der Waals surface area contributed by atoms with Crippen LogP contribution >= 0.6 is 23.2 Å². The van der Waals surface area contributed by atoms with E-state index in [1.165, 1.54) is 23.4 Å². The Hall–Kier alpha value is -2.49. The number of hydrogen-bond acceptors (Lipinski definition) is 5. The van der Waals surface area contributed by atoms with Gasteiger partial charge in [0.25, 0.3) is 0 Å². The second-order valence-corrected chi connectivity index (χ2v) is 10.6. The van der Waals surface area contributed by atoms with E-state index in [9.17, 15) is 18.0 Å². The summed E-state index contributed by atoms with van der Waals surface area (Å²) in [5, 5.41) is 3.38. The van der Waals surface area contributed by atoms with Crippen LogP contribution in [-0.2, 0) is 26.2 Å². The number of amides is 2. The third kappa shape index (κ3) is 7.75. The number of halogens is 2. The van der Waals surface area contributed by atoms with E-state index < -0.39 is 16.1 Å². The van der Waals surface area contributed by atoms with E-state index in [0.29, 0.717) is 33.5 Å². The maximum absolute atomic E-state index is 13.3. The van der Waals surface area contributed by atoms with Crippen molar-refractivity contribution < 1.29 is 22.7 Å². The van der Waals surface area contributed by atoms with Gasteiger partial charge in [0.2, 0.25) is 21.8 Å². The van der Waals surface area contributed by atoms with Crippen LogP contribution in [-0.4, -0.2) is 58.1 Å². The number of anilines is 1. The maximum Gasteiger partial charge on any atom is 0.242 e. The number of nitrogens with one attached hydrogen (secondary N) is 1. The van der Waals surface area contributed by atoms with E-state index in [4.69, 9.17) is 27.9 Å². The smallest absolute Gasteiger partial charge is 0.242 e. The molecule has 0 heterocycles. The van der Waals surface area contributed by atoms with Gasteiger partial charge in [-0.1, -0.05) is 42.3 Å². The Balaban J connectivity index is 2.25. The molecule has 192 valence electrons. The minimum absolute atomic E-state index is 0.0194. The van der Waals surface area contributed by atoms with Gasteiger partial charge in [-0.3, -0.25) is 13.9 Å². The lowest BCUT2D eigenvalue weighted by molar-refractivity contribution is -0.141. The number of likely N-dealkylation sites (N-methyl/N-ethyl adjacent to an activating group) is 1. The average Bonchev–Trinajstić information content (AvgIpc) is 2.82. The summed E-state index contributed by atoms with van der Waals surface area (Å²) in [4.78, 5) is 27.3. The molecule has 0 saturated heterocycles. The van der Waals surface area contributed by atoms with E-state index >= 15 is 0 Å². The van der Waals surface area contributed by atoms with Crippen molar-refractivity contribution in [3.63, 3.8) is 0 Å². The monoisotopic (exact) mass is 543 g/mol. The van der Waals surface area contributed by atoms with Crippen LogP contribution in [0.1, 0.15) is 31.7 Å². The second kappa shape index (κ2) is 13.0. The molecule has 8 nitrogen and oxygen atoms in total. The van der Waals surface area contributed by atoms with Crippen molar-refractivity contribution in [2.24, 2.45) is 0 Å². The largest absolute Gasteiger partial charge is 0.497 e. The molecule has 2 amide bonds. The normalized spacial score (nSPS) is 12.1. The summed E-state index contributed by atoms with van der Waals surface area (Å²) in [6.07, 6.45) is 1.75. The van der Waals surface area contributed by atoms with E-state index in [1.807, 2.05) is 6.92 Å². The highest BCUT2D eigenvalue weighted by molar-refractivity contribution is 7.92. The van der Waals surface area contributed by atoms with Gasteiger partial charge in [-0.25, -0.2) is 8.42 Å². The van der Waals surface area contributed by atoms with Crippen molar-refractivity contribution in [3.8, 4) is 5.75 Å². The van der Waals surface area contributed by atoms with Gasteiger partial charge >= 0.3 is 0 Å². The van der Waals surface area contributed by atoms with Crippen LogP contribution < -0.4 is 14.4 Å². The van der Waals surface area contributed by atoms with Crippen molar-refractivity contribution in [2.45, 2.75) is 38.8 Å². The lowest BCUT2D eigenvalue weighted by atomic mass is 10.1. The van der Waals surface area contributed by atoms with Crippen molar-refractivity contribution in [1.29, 1.82) is 0 Å². The zero-order valence-electron chi connectivity index (χ0n) is 20.3. The van der Waals surface area contributed by atoms with Gasteiger partial charge in [0, 0.05) is 48.2 Å². The number of sulfonamides is 1. The first kappa shape index (κ1) is 28.7. The molecule has 0 fully saturated rings. The van der Waals surface area contributed by atoms with Crippen LogP contribution in [0.2, 0.25) is 10.0 Å². The summed E-state index contributed by atoms with van der Waals surface area (Å²) in [6.45, 7) is 1.94. The van der Waals surface area contributed by atoms with Gasteiger partial charge in [-0.05, 0) is 37.1 Å². The topological polar surface area (TPSA) is 96.0 Å². The highest BCUT2D eigenvalue weighted by Gasteiger charge is 2.29. The lowest BCUT2D eigenvalue weighted by Crippen LogP contribution is -2.48. The third-order valence-corrected chi connectivity index (χ3v) is 7.42. The Kier molecular flexibility index (Phi) is 10.7. The first-order valence-corrected chi connectivity index (χ1v) is 13.7. The number of carbonyl (C=O) groups excluding carboxylic acids is 2. The number of methoxy groups -OCH3 is 1. The maximum atomic E-state index is 13.3. The molecule has 2 rings (SSSR count). The Morgan fingerprint density at radius 2 is 1.74 bits per heavy atom. The highest BCUT2D eigenvalue weighted by atomic mass is 35.5. The second-order valence-electron chi connectivity index (χ2n) is 7.90. The fourth-order valence-electron chi connectivity index (χ4n) is 3.71. The predicted octanol–water partition coefficient (Wildman–Crippen LogP) is 4.10. The Morgan fingerprint density at radius 3 is 2.29 bits per heavy atom. The van der Waals surface area contributed by atoms with Crippen molar-refractivity contribution in [2.75, 3.05) is 31.3 Å². The molecule has 1 atom stereocenters. The molecule has 0 unspecified atom stereocenters. The van der Waals surface area contributed by atoms with Gasteiger partial charge in [0.1, 0.15) is 11.8 Å². The van der Waals surface area contributed by atoms with E-state index in [1.54, 1.807) is 42.5 Å². The predicted molar refractivity (Wildman–Crippen MR) is 140 cm³/mol. The van der Waals surface area contributed by atoms with Crippen molar-refractivity contribution in [3.05, 3.63) is 58.1 Å². The molecule has 2 aromatic carbocycles. The van der Waals surface area contributed by atoms with Crippen LogP contribution in [0.15, 0.2) is 42.5 Å². The van der Waals surface area contributed by atoms with Crippen molar-refractivity contribution in [1.82, 2.24) is 10.2 Å². The lowest BCUT2D eigenvalue weighted by Gasteiger charge is -2.31. The minimum Gasteiger partial charge on any atom is -0.497 e. The molecular weight excluding hydrogens is 513 g/mol. The summed E-state index contributed by atoms with van der Waals surface area (Å²) in [5.41, 5.74) is 0.983. The van der Waals surface area contributed by atoms with Gasteiger partial charge in [-0.15, -0.1) is 0 Å². The van der Waals surface area contributed by atoms with Crippen LogP contribution in [0, 0.1) is 0 Å². The summed E-state index contributed by atoms with van der Waals surface area (Å²) in [6, 6.07) is 11.0. The summed E-state index contributed by atoms with van der Waals surface area (Å²) in [7, 11) is -0.598. The average molecular weight is 545 g/mol. The van der Waals surface area contributed by atoms with Crippen LogP contribution in [0.3, 0.4) is 0 Å². The first-order valence-electron chi connectivity index (χ1n) is 11.1. The molecule has 0 aliphatic carbocycles. The first-order chi connectivity index (χ1) is 16.5. The molecule has 0 aliphatic rings. The molecule has 2 aromatic rings. The molecule has 0 bridgehead atoms. The number of carbonyl (C=O) groups is 2. The quantitative estimate of drug-likeness (QED) is 0.434. The Bertz CT molecular complexity index is 1120. The highest BCUT2D eigenvalue weighted by Crippen LogP contribution is 2.28. The molecule has 0 aliphatic heterocycles. The summed E-state index contributed by atoms with van der Waals surface area (Å²) < 4.78 is 31.3. The van der Waals surface area contributed by atoms with Crippen LogP contribution in [0.25, 0.3) is 0 Å². The molecular formula is C24H31Cl2N3O5S. The minimum atomic E-state index is -3.61. The molecule has 1 N–H and O–H groups in total. The van der Waals surface area contributed by atoms with Crippen LogP contribution in [0.5, 0.6) is 5.75 Å². The number of nitrogens with zero attached hydrogens (tertiary/aromatic N) is 2. The van der Waals surface area contributed by atoms with E-state index in [-0.39, 0.29) is 37.7 Å². The van der Waals surface area contributed by atoms with E-state index in [2.05, 4.69) is 5.32 Å². The zero-order valence-corrected chi connectivity index (χ0v) is 22.6. The fraction of sp³-hybridized carbons (Fsp3) is 0.417. The van der Waals surface area contributed by atoms with Gasteiger partial charge < -0.3 is 15.0 Å². The number of ether oxygens (including phenoxy) is 1. The third-order valence-electron chi connectivity index (χ3n) is 5.52. The molecule has 35 heavy (non-hydrogen) atoms. The van der Waals surface area contributed by atoms with Crippen molar-refractivity contribution >= 4 is 50.7 Å². The van der Waals surface area contributed by atoms with Gasteiger partial charge in [0.05, 0.1) is 19.1 Å². The molecule has 0 spiro atoms. The standard InChI is InChI=1S/C24H31Cl2N3O5S/c1-5-22(24(31)27-2)28(16-19-20(25)11-7-12-21(19)26)23(30)13-8-14-29(35(4,32)33)17-9-6-10-18(15-17)34-3/h6-7,9-12,15,22H,5,8,13-14,16H2,1-4H3,(H,27,31)/t22-/m1/s1. The fourth-order valence-corrected chi connectivity index (χ4v) is 5.18.